The lowest BCUT2D eigenvalue weighted by Crippen LogP contribution is -2.61. The van der Waals surface area contributed by atoms with Crippen LogP contribution in [0, 0.1) is 11.3 Å². The van der Waals surface area contributed by atoms with Crippen molar-refractivity contribution in [3.05, 3.63) is 0 Å². The lowest BCUT2D eigenvalue weighted by Gasteiger charge is -2.50. The van der Waals surface area contributed by atoms with E-state index >= 15 is 0 Å². The highest BCUT2D eigenvalue weighted by Gasteiger charge is 2.49. The standard InChI is InChI=1S/C11H18N2O2/c1-2-15-10-7-11(8-10,9-12)13-3-5-14-6-4-13/h10H,2-8H2,1H3. The van der Waals surface area contributed by atoms with Gasteiger partial charge in [-0.05, 0) is 6.92 Å². The number of ether oxygens (including phenoxy) is 2. The summed E-state index contributed by atoms with van der Waals surface area (Å²) in [5.74, 6) is 0. The summed E-state index contributed by atoms with van der Waals surface area (Å²) < 4.78 is 10.8. The fraction of sp³-hybridized carbons (Fsp3) is 0.909. The maximum atomic E-state index is 9.29. The number of morpholine rings is 1. The van der Waals surface area contributed by atoms with E-state index in [1.165, 1.54) is 0 Å². The zero-order chi connectivity index (χ0) is 10.7. The topological polar surface area (TPSA) is 45.5 Å². The average Bonchev–Trinajstić information content (AvgIpc) is 2.24. The summed E-state index contributed by atoms with van der Waals surface area (Å²) in [7, 11) is 0. The van der Waals surface area contributed by atoms with Crippen LogP contribution in [0.5, 0.6) is 0 Å². The molecule has 0 radical (unpaired) electrons. The summed E-state index contributed by atoms with van der Waals surface area (Å²) in [6.45, 7) is 6.01. The summed E-state index contributed by atoms with van der Waals surface area (Å²) in [5, 5.41) is 9.29. The molecular formula is C11H18N2O2. The predicted octanol–water partition coefficient (Wildman–Crippen LogP) is 0.780. The molecule has 0 aromatic rings. The van der Waals surface area contributed by atoms with Gasteiger partial charge < -0.3 is 9.47 Å². The fourth-order valence-corrected chi connectivity index (χ4v) is 2.46. The summed E-state index contributed by atoms with van der Waals surface area (Å²) in [6.07, 6.45) is 2.01. The smallest absolute Gasteiger partial charge is 0.114 e. The molecule has 0 atom stereocenters. The van der Waals surface area contributed by atoms with E-state index in [2.05, 4.69) is 11.0 Å². The van der Waals surface area contributed by atoms with Crippen LogP contribution in [-0.4, -0.2) is 49.5 Å². The lowest BCUT2D eigenvalue weighted by atomic mass is 9.73. The van der Waals surface area contributed by atoms with Crippen molar-refractivity contribution in [1.29, 1.82) is 5.26 Å². The van der Waals surface area contributed by atoms with Crippen LogP contribution in [0.2, 0.25) is 0 Å². The molecule has 0 aromatic carbocycles. The molecule has 1 aliphatic heterocycles. The van der Waals surface area contributed by atoms with E-state index in [0.717, 1.165) is 45.8 Å². The molecule has 0 unspecified atom stereocenters. The molecule has 2 aliphatic rings. The van der Waals surface area contributed by atoms with Crippen molar-refractivity contribution >= 4 is 0 Å². The molecular weight excluding hydrogens is 192 g/mol. The van der Waals surface area contributed by atoms with Gasteiger partial charge in [-0.2, -0.15) is 5.26 Å². The third-order valence-corrected chi connectivity index (χ3v) is 3.36. The number of nitriles is 1. The van der Waals surface area contributed by atoms with Crippen molar-refractivity contribution in [2.75, 3.05) is 32.9 Å². The van der Waals surface area contributed by atoms with Gasteiger partial charge in [-0.1, -0.05) is 0 Å². The van der Waals surface area contributed by atoms with Gasteiger partial charge in [0.05, 0.1) is 25.4 Å². The van der Waals surface area contributed by atoms with Crippen molar-refractivity contribution in [2.24, 2.45) is 0 Å². The van der Waals surface area contributed by atoms with Crippen LogP contribution in [0.4, 0.5) is 0 Å². The first kappa shape index (κ1) is 10.9. The van der Waals surface area contributed by atoms with Gasteiger partial charge in [0.15, 0.2) is 0 Å². The van der Waals surface area contributed by atoms with Gasteiger partial charge in [0.1, 0.15) is 5.54 Å². The van der Waals surface area contributed by atoms with Gasteiger partial charge in [-0.3, -0.25) is 4.90 Å². The van der Waals surface area contributed by atoms with Crippen LogP contribution >= 0.6 is 0 Å². The number of rotatable bonds is 3. The first-order valence-electron chi connectivity index (χ1n) is 5.66. The molecule has 84 valence electrons. The summed E-state index contributed by atoms with van der Waals surface area (Å²) in [5.41, 5.74) is -0.260. The van der Waals surface area contributed by atoms with E-state index < -0.39 is 0 Å². The molecule has 4 nitrogen and oxygen atoms in total. The molecule has 1 aliphatic carbocycles. The van der Waals surface area contributed by atoms with E-state index in [9.17, 15) is 5.26 Å². The van der Waals surface area contributed by atoms with Crippen LogP contribution in [0.1, 0.15) is 19.8 Å². The molecule has 0 N–H and O–H groups in total. The third kappa shape index (κ3) is 2.00. The normalized spacial score (nSPS) is 36.9. The van der Waals surface area contributed by atoms with E-state index in [1.807, 2.05) is 6.92 Å². The molecule has 0 spiro atoms. The van der Waals surface area contributed by atoms with Gasteiger partial charge in [0.25, 0.3) is 0 Å². The highest BCUT2D eigenvalue weighted by Crippen LogP contribution is 2.39. The highest BCUT2D eigenvalue weighted by atomic mass is 16.5. The van der Waals surface area contributed by atoms with Crippen molar-refractivity contribution in [2.45, 2.75) is 31.4 Å². The molecule has 4 heteroatoms. The van der Waals surface area contributed by atoms with Crippen molar-refractivity contribution in [3.63, 3.8) is 0 Å². The zero-order valence-electron chi connectivity index (χ0n) is 9.24. The lowest BCUT2D eigenvalue weighted by molar-refractivity contribution is -0.102. The zero-order valence-corrected chi connectivity index (χ0v) is 9.24. The molecule has 2 fully saturated rings. The highest BCUT2D eigenvalue weighted by molar-refractivity contribution is 5.17. The van der Waals surface area contributed by atoms with Crippen molar-refractivity contribution in [3.8, 4) is 6.07 Å². The second-order valence-corrected chi connectivity index (χ2v) is 4.23. The van der Waals surface area contributed by atoms with E-state index in [1.54, 1.807) is 0 Å². The SMILES string of the molecule is CCOC1CC(C#N)(N2CCOCC2)C1. The Bertz CT molecular complexity index is 250. The summed E-state index contributed by atoms with van der Waals surface area (Å²) in [6, 6.07) is 2.46. The first-order chi connectivity index (χ1) is 7.30. The largest absolute Gasteiger partial charge is 0.379 e. The second kappa shape index (κ2) is 4.48. The van der Waals surface area contributed by atoms with E-state index in [4.69, 9.17) is 9.47 Å². The second-order valence-electron chi connectivity index (χ2n) is 4.23. The molecule has 0 aromatic heterocycles. The predicted molar refractivity (Wildman–Crippen MR) is 55.4 cm³/mol. The van der Waals surface area contributed by atoms with Gasteiger partial charge in [-0.25, -0.2) is 0 Å². The average molecular weight is 210 g/mol. The van der Waals surface area contributed by atoms with Crippen LogP contribution in [0.15, 0.2) is 0 Å². The minimum absolute atomic E-state index is 0.260. The molecule has 15 heavy (non-hydrogen) atoms. The Labute approximate surface area is 90.8 Å². The minimum atomic E-state index is -0.260. The molecule has 1 saturated carbocycles. The monoisotopic (exact) mass is 210 g/mol. The Balaban J connectivity index is 1.91. The van der Waals surface area contributed by atoms with Gasteiger partial charge in [0, 0.05) is 32.5 Å². The van der Waals surface area contributed by atoms with Gasteiger partial charge in [-0.15, -0.1) is 0 Å². The molecule has 1 heterocycles. The minimum Gasteiger partial charge on any atom is -0.379 e. The van der Waals surface area contributed by atoms with Crippen LogP contribution in [0.3, 0.4) is 0 Å². The number of nitrogens with zero attached hydrogens (tertiary/aromatic N) is 2. The third-order valence-electron chi connectivity index (χ3n) is 3.36. The first-order valence-corrected chi connectivity index (χ1v) is 5.66. The van der Waals surface area contributed by atoms with E-state index in [0.29, 0.717) is 0 Å². The Kier molecular flexibility index (Phi) is 3.25. The maximum absolute atomic E-state index is 9.29. The number of hydrogen-bond donors (Lipinski definition) is 0. The van der Waals surface area contributed by atoms with E-state index in [-0.39, 0.29) is 11.6 Å². The van der Waals surface area contributed by atoms with Gasteiger partial charge in [0.2, 0.25) is 0 Å². The Hall–Kier alpha value is -0.630. The van der Waals surface area contributed by atoms with Gasteiger partial charge >= 0.3 is 0 Å². The summed E-state index contributed by atoms with van der Waals surface area (Å²) in [4.78, 5) is 2.26. The Morgan fingerprint density at radius 2 is 2.13 bits per heavy atom. The van der Waals surface area contributed by atoms with Crippen LogP contribution in [0.25, 0.3) is 0 Å². The summed E-state index contributed by atoms with van der Waals surface area (Å²) >= 11 is 0. The van der Waals surface area contributed by atoms with Crippen LogP contribution < -0.4 is 0 Å². The molecule has 0 bridgehead atoms. The number of hydrogen-bond acceptors (Lipinski definition) is 4. The molecule has 2 rings (SSSR count). The Morgan fingerprint density at radius 3 is 2.67 bits per heavy atom. The molecule has 1 saturated heterocycles. The quantitative estimate of drug-likeness (QED) is 0.690. The van der Waals surface area contributed by atoms with Crippen molar-refractivity contribution in [1.82, 2.24) is 4.90 Å². The van der Waals surface area contributed by atoms with Crippen molar-refractivity contribution < 1.29 is 9.47 Å². The van der Waals surface area contributed by atoms with Crippen LogP contribution in [-0.2, 0) is 9.47 Å². The maximum Gasteiger partial charge on any atom is 0.114 e. The molecule has 0 amide bonds. The Morgan fingerprint density at radius 1 is 1.47 bits per heavy atom. The fourth-order valence-electron chi connectivity index (χ4n) is 2.46.